The van der Waals surface area contributed by atoms with E-state index in [1.165, 1.54) is 11.3 Å². The number of thiocarbonyl (C=S) groups is 1. The van der Waals surface area contributed by atoms with Gasteiger partial charge in [0.25, 0.3) is 0 Å². The first-order valence-electron chi connectivity index (χ1n) is 8.39. The lowest BCUT2D eigenvalue weighted by Crippen LogP contribution is -2.34. The van der Waals surface area contributed by atoms with Crippen LogP contribution in [0, 0.1) is 13.8 Å². The molecule has 0 aliphatic heterocycles. The van der Waals surface area contributed by atoms with Gasteiger partial charge in [0.05, 0.1) is 0 Å². The highest BCUT2D eigenvalue weighted by Crippen LogP contribution is 2.31. The Bertz CT molecular complexity index is 961. The molecule has 1 aromatic carbocycles. The molecule has 0 bridgehead atoms. The Morgan fingerprint density at radius 3 is 2.85 bits per heavy atom. The van der Waals surface area contributed by atoms with Gasteiger partial charge in [0.15, 0.2) is 10.9 Å². The van der Waals surface area contributed by atoms with Crippen molar-refractivity contribution < 1.29 is 4.79 Å². The lowest BCUT2D eigenvalue weighted by molar-refractivity contribution is -0.119. The number of hydrogen-bond acceptors (Lipinski definition) is 6. The van der Waals surface area contributed by atoms with Crippen molar-refractivity contribution in [3.05, 3.63) is 29.6 Å². The molecule has 0 atom stereocenters. The van der Waals surface area contributed by atoms with Gasteiger partial charge in [0, 0.05) is 17.7 Å². The van der Waals surface area contributed by atoms with Crippen molar-refractivity contribution in [1.29, 1.82) is 0 Å². The molecular formula is C17H20N6OS2. The average Bonchev–Trinajstić information content (AvgIpc) is 3.17. The average molecular weight is 389 g/mol. The molecule has 7 nitrogen and oxygen atoms in total. The minimum atomic E-state index is -0.0673. The zero-order valence-electron chi connectivity index (χ0n) is 14.9. The molecule has 0 unspecified atom stereocenters. The predicted molar refractivity (Wildman–Crippen MR) is 107 cm³/mol. The van der Waals surface area contributed by atoms with Crippen LogP contribution >= 0.6 is 23.6 Å². The van der Waals surface area contributed by atoms with Crippen molar-refractivity contribution in [2.75, 3.05) is 5.32 Å². The van der Waals surface area contributed by atoms with Gasteiger partial charge in [-0.15, -0.1) is 10.2 Å². The molecule has 0 fully saturated rings. The van der Waals surface area contributed by atoms with E-state index in [1.54, 1.807) is 4.52 Å². The lowest BCUT2D eigenvalue weighted by atomic mass is 10.1. The van der Waals surface area contributed by atoms with Crippen molar-refractivity contribution in [3.63, 3.8) is 0 Å². The number of nitrogens with one attached hydrogen (secondary N) is 2. The smallest absolute Gasteiger partial charge is 0.234 e. The quantitative estimate of drug-likeness (QED) is 0.651. The topological polar surface area (TPSA) is 84.2 Å². The van der Waals surface area contributed by atoms with Crippen LogP contribution in [0.4, 0.5) is 5.69 Å². The second-order valence-electron chi connectivity index (χ2n) is 5.93. The highest BCUT2D eigenvalue weighted by Gasteiger charge is 2.14. The number of unbranched alkanes of at least 4 members (excludes halogenated alkanes) is 1. The van der Waals surface area contributed by atoms with E-state index in [1.807, 2.05) is 39.0 Å². The van der Waals surface area contributed by atoms with E-state index in [0.717, 1.165) is 45.4 Å². The maximum Gasteiger partial charge on any atom is 0.234 e. The Hall–Kier alpha value is -2.39. The summed E-state index contributed by atoms with van der Waals surface area (Å²) in [5.41, 5.74) is 2.83. The van der Waals surface area contributed by atoms with Gasteiger partial charge in [0.1, 0.15) is 5.01 Å². The molecule has 0 aliphatic carbocycles. The van der Waals surface area contributed by atoms with E-state index in [2.05, 4.69) is 25.9 Å². The van der Waals surface area contributed by atoms with Gasteiger partial charge in [-0.1, -0.05) is 36.8 Å². The molecule has 9 heteroatoms. The van der Waals surface area contributed by atoms with E-state index in [4.69, 9.17) is 12.2 Å². The van der Waals surface area contributed by atoms with Gasteiger partial charge in [-0.2, -0.15) is 9.61 Å². The molecule has 2 heterocycles. The van der Waals surface area contributed by atoms with Crippen LogP contribution in [-0.4, -0.2) is 30.8 Å². The van der Waals surface area contributed by atoms with Crippen LogP contribution in [0.25, 0.3) is 15.5 Å². The highest BCUT2D eigenvalue weighted by atomic mass is 32.1. The van der Waals surface area contributed by atoms with Crippen LogP contribution in [0.3, 0.4) is 0 Å². The zero-order chi connectivity index (χ0) is 18.7. The summed E-state index contributed by atoms with van der Waals surface area (Å²) < 4.78 is 1.73. The van der Waals surface area contributed by atoms with E-state index in [9.17, 15) is 4.79 Å². The molecule has 0 saturated carbocycles. The van der Waals surface area contributed by atoms with E-state index in [-0.39, 0.29) is 5.91 Å². The van der Waals surface area contributed by atoms with Gasteiger partial charge < -0.3 is 10.6 Å². The Kier molecular flexibility index (Phi) is 5.58. The van der Waals surface area contributed by atoms with Gasteiger partial charge >= 0.3 is 0 Å². The summed E-state index contributed by atoms with van der Waals surface area (Å²) in [6.45, 7) is 5.91. The first kappa shape index (κ1) is 18.4. The van der Waals surface area contributed by atoms with Crippen LogP contribution in [0.5, 0.6) is 0 Å². The molecular weight excluding hydrogens is 368 g/mol. The second-order valence-corrected chi connectivity index (χ2v) is 7.30. The number of anilines is 1. The fourth-order valence-electron chi connectivity index (χ4n) is 2.51. The minimum Gasteiger partial charge on any atom is -0.332 e. The SMILES string of the molecule is CCCCC(=O)NC(=S)Nc1cccc(-c2nn3c(C)nnc3s2)c1C. The summed E-state index contributed by atoms with van der Waals surface area (Å²) in [4.78, 5) is 12.6. The van der Waals surface area contributed by atoms with Crippen LogP contribution in [-0.2, 0) is 4.79 Å². The highest BCUT2D eigenvalue weighted by molar-refractivity contribution is 7.80. The van der Waals surface area contributed by atoms with E-state index >= 15 is 0 Å². The van der Waals surface area contributed by atoms with Gasteiger partial charge in [-0.05, 0) is 44.1 Å². The molecule has 1 amide bonds. The monoisotopic (exact) mass is 388 g/mol. The predicted octanol–water partition coefficient (Wildman–Crippen LogP) is 3.47. The molecule has 3 rings (SSSR count). The van der Waals surface area contributed by atoms with Crippen molar-refractivity contribution in [2.45, 2.75) is 40.0 Å². The molecule has 26 heavy (non-hydrogen) atoms. The summed E-state index contributed by atoms with van der Waals surface area (Å²) in [6.07, 6.45) is 2.30. The van der Waals surface area contributed by atoms with Gasteiger partial charge in [0.2, 0.25) is 10.9 Å². The number of carbonyl (C=O) groups excluding carboxylic acids is 1. The summed E-state index contributed by atoms with van der Waals surface area (Å²) in [5.74, 6) is 0.688. The van der Waals surface area contributed by atoms with Crippen LogP contribution in [0.2, 0.25) is 0 Å². The van der Waals surface area contributed by atoms with Crippen LogP contribution in [0.1, 0.15) is 37.6 Å². The zero-order valence-corrected chi connectivity index (χ0v) is 16.5. The van der Waals surface area contributed by atoms with Crippen molar-refractivity contribution in [3.8, 4) is 10.6 Å². The third-order valence-electron chi connectivity index (χ3n) is 3.97. The Balaban J connectivity index is 1.78. The standard InChI is InChI=1S/C17H20N6OS2/c1-4-5-9-14(24)19-16(25)18-13-8-6-7-12(10(13)2)15-22-23-11(3)20-21-17(23)26-15/h6-8H,4-5,9H2,1-3H3,(H2,18,19,24,25). The first-order valence-corrected chi connectivity index (χ1v) is 9.61. The third-order valence-corrected chi connectivity index (χ3v) is 5.11. The molecule has 0 aliphatic rings. The minimum absolute atomic E-state index is 0.0673. The molecule has 0 saturated heterocycles. The number of aryl methyl sites for hydroxylation is 1. The fourth-order valence-corrected chi connectivity index (χ4v) is 3.70. The first-order chi connectivity index (χ1) is 12.5. The van der Waals surface area contributed by atoms with Crippen molar-refractivity contribution >= 4 is 45.2 Å². The number of nitrogens with zero attached hydrogens (tertiary/aromatic N) is 4. The Labute approximate surface area is 160 Å². The summed E-state index contributed by atoms with van der Waals surface area (Å²) in [6, 6.07) is 5.86. The summed E-state index contributed by atoms with van der Waals surface area (Å²) in [5, 5.41) is 19.7. The Morgan fingerprint density at radius 1 is 1.31 bits per heavy atom. The molecule has 3 aromatic rings. The maximum atomic E-state index is 11.8. The van der Waals surface area contributed by atoms with Crippen LogP contribution < -0.4 is 10.6 Å². The number of benzene rings is 1. The second kappa shape index (κ2) is 7.88. The number of carbonyl (C=O) groups is 1. The number of aromatic nitrogens is 4. The van der Waals surface area contributed by atoms with E-state index in [0.29, 0.717) is 11.5 Å². The largest absolute Gasteiger partial charge is 0.332 e. The van der Waals surface area contributed by atoms with E-state index < -0.39 is 0 Å². The number of amides is 1. The van der Waals surface area contributed by atoms with Gasteiger partial charge in [-0.25, -0.2) is 0 Å². The van der Waals surface area contributed by atoms with Crippen LogP contribution in [0.15, 0.2) is 18.2 Å². The molecule has 0 spiro atoms. The molecule has 2 aromatic heterocycles. The fraction of sp³-hybridized carbons (Fsp3) is 0.353. The van der Waals surface area contributed by atoms with Crippen molar-refractivity contribution in [1.82, 2.24) is 25.1 Å². The van der Waals surface area contributed by atoms with Gasteiger partial charge in [-0.3, -0.25) is 4.79 Å². The third kappa shape index (κ3) is 3.88. The maximum absolute atomic E-state index is 11.8. The normalized spacial score (nSPS) is 10.9. The molecule has 136 valence electrons. The number of fused-ring (bicyclic) bond motifs is 1. The van der Waals surface area contributed by atoms with Crippen molar-refractivity contribution in [2.24, 2.45) is 0 Å². The Morgan fingerprint density at radius 2 is 2.12 bits per heavy atom. The lowest BCUT2D eigenvalue weighted by Gasteiger charge is -2.13. The summed E-state index contributed by atoms with van der Waals surface area (Å²) >= 11 is 6.74. The number of rotatable bonds is 5. The number of hydrogen-bond donors (Lipinski definition) is 2. The molecule has 2 N–H and O–H groups in total. The molecule has 0 radical (unpaired) electrons. The summed E-state index contributed by atoms with van der Waals surface area (Å²) in [7, 11) is 0.